The predicted octanol–water partition coefficient (Wildman–Crippen LogP) is 9.95. The molecule has 2 aromatic rings. The number of hydrogen-bond acceptors (Lipinski definition) is 6. The van der Waals surface area contributed by atoms with Crippen LogP contribution in [0.4, 0.5) is 10.5 Å². The van der Waals surface area contributed by atoms with Crippen molar-refractivity contribution in [3.8, 4) is 0 Å². The summed E-state index contributed by atoms with van der Waals surface area (Å²) >= 11 is 0. The molecule has 278 valence electrons. The van der Waals surface area contributed by atoms with Crippen LogP contribution < -0.4 is 10.6 Å². The fourth-order valence-corrected chi connectivity index (χ4v) is 4.73. The molecule has 2 amide bonds. The van der Waals surface area contributed by atoms with E-state index in [1.807, 2.05) is 78.0 Å². The molecule has 0 saturated carbocycles. The van der Waals surface area contributed by atoms with E-state index in [2.05, 4.69) is 62.2 Å². The molecule has 50 heavy (non-hydrogen) atoms. The molecular weight excluding hydrogens is 628 g/mol. The number of anilines is 1. The van der Waals surface area contributed by atoms with Gasteiger partial charge in [-0.25, -0.2) is 9.59 Å². The van der Waals surface area contributed by atoms with Gasteiger partial charge in [-0.05, 0) is 91.7 Å². The van der Waals surface area contributed by atoms with Crippen LogP contribution in [0.3, 0.4) is 0 Å². The van der Waals surface area contributed by atoms with Gasteiger partial charge < -0.3 is 24.9 Å². The van der Waals surface area contributed by atoms with Gasteiger partial charge in [0.15, 0.2) is 0 Å². The van der Waals surface area contributed by atoms with Gasteiger partial charge in [-0.15, -0.1) is 0 Å². The molecule has 0 fully saturated rings. The van der Waals surface area contributed by atoms with Crippen LogP contribution in [-0.2, 0) is 23.9 Å². The fraction of sp³-hybridized carbons (Fsp3) is 0.524. The molecule has 0 aliphatic carbocycles. The Kier molecular flexibility index (Phi) is 22.8. The minimum atomic E-state index is -0.521. The van der Waals surface area contributed by atoms with Crippen LogP contribution in [0.2, 0.25) is 0 Å². The highest BCUT2D eigenvalue weighted by Crippen LogP contribution is 2.21. The first-order valence-electron chi connectivity index (χ1n) is 17.8. The molecule has 0 aromatic heterocycles. The van der Waals surface area contributed by atoms with Crippen molar-refractivity contribution in [3.05, 3.63) is 90.0 Å². The summed E-state index contributed by atoms with van der Waals surface area (Å²) in [6.45, 7) is 25.4. The molecule has 8 nitrogen and oxygen atoms in total. The first kappa shape index (κ1) is 45.8. The third-order valence-electron chi connectivity index (χ3n) is 7.35. The van der Waals surface area contributed by atoms with Gasteiger partial charge in [0.05, 0.1) is 12.6 Å². The second-order valence-corrected chi connectivity index (χ2v) is 14.0. The number of alkyl carbamates (subject to hydrolysis) is 1. The van der Waals surface area contributed by atoms with Gasteiger partial charge in [-0.3, -0.25) is 4.79 Å². The third kappa shape index (κ3) is 23.2. The van der Waals surface area contributed by atoms with E-state index < -0.39 is 11.7 Å². The van der Waals surface area contributed by atoms with E-state index in [0.29, 0.717) is 25.9 Å². The van der Waals surface area contributed by atoms with Crippen LogP contribution in [-0.4, -0.2) is 42.0 Å². The zero-order valence-electron chi connectivity index (χ0n) is 32.6. The van der Waals surface area contributed by atoms with Crippen molar-refractivity contribution in [2.45, 2.75) is 120 Å². The monoisotopic (exact) mass is 692 g/mol. The van der Waals surface area contributed by atoms with Crippen molar-refractivity contribution >= 4 is 29.4 Å². The summed E-state index contributed by atoms with van der Waals surface area (Å²) in [4.78, 5) is 46.6. The number of ether oxygens (including phenoxy) is 2. The van der Waals surface area contributed by atoms with Gasteiger partial charge in [0, 0.05) is 24.1 Å². The Hall–Kier alpha value is -4.20. The number of rotatable bonds is 15. The summed E-state index contributed by atoms with van der Waals surface area (Å²) in [6, 6.07) is 17.8. The highest BCUT2D eigenvalue weighted by Gasteiger charge is 2.23. The molecule has 2 rings (SSSR count). The molecule has 0 saturated heterocycles. The lowest BCUT2D eigenvalue weighted by molar-refractivity contribution is -0.137. The Bertz CT molecular complexity index is 1310. The minimum absolute atomic E-state index is 0.0365. The lowest BCUT2D eigenvalue weighted by atomic mass is 9.91. The van der Waals surface area contributed by atoms with Gasteiger partial charge in [-0.2, -0.15) is 0 Å². The lowest BCUT2D eigenvalue weighted by Gasteiger charge is -2.27. The quantitative estimate of drug-likeness (QED) is 0.109. The number of hydrogen-bond donors (Lipinski definition) is 2. The van der Waals surface area contributed by atoms with Crippen LogP contribution in [0.5, 0.6) is 0 Å². The van der Waals surface area contributed by atoms with Gasteiger partial charge in [0.1, 0.15) is 11.4 Å². The van der Waals surface area contributed by atoms with Crippen LogP contribution in [0.25, 0.3) is 0 Å². The SMILES string of the molecule is C=C(CCC(C)=O)C(NC(=O)OC(C)(C)C)C(C)C.CCCC(CC(C)/C=C/C(=O)OCC)C(=O)Nc1ccccc1.Cc1ccc(C)cc1. The van der Waals surface area contributed by atoms with Crippen molar-refractivity contribution in [2.75, 3.05) is 11.9 Å². The molecule has 0 radical (unpaired) electrons. The van der Waals surface area contributed by atoms with Crippen LogP contribution in [0.15, 0.2) is 78.9 Å². The average molecular weight is 693 g/mol. The normalized spacial score (nSPS) is 12.6. The molecule has 3 atom stereocenters. The second-order valence-electron chi connectivity index (χ2n) is 14.0. The highest BCUT2D eigenvalue weighted by atomic mass is 16.6. The van der Waals surface area contributed by atoms with Crippen molar-refractivity contribution in [2.24, 2.45) is 17.8 Å². The lowest BCUT2D eigenvalue weighted by Crippen LogP contribution is -2.42. The molecule has 8 heteroatoms. The number of amides is 2. The first-order valence-corrected chi connectivity index (χ1v) is 17.8. The molecular formula is C42H64N2O6. The van der Waals surface area contributed by atoms with E-state index in [4.69, 9.17) is 9.47 Å². The Morgan fingerprint density at radius 1 is 0.880 bits per heavy atom. The number of aryl methyl sites for hydroxylation is 2. The van der Waals surface area contributed by atoms with Crippen molar-refractivity contribution in [1.29, 1.82) is 0 Å². The number of Topliss-reactive ketones (excluding diaryl/α,β-unsaturated/α-hetero) is 1. The number of benzene rings is 2. The van der Waals surface area contributed by atoms with E-state index in [9.17, 15) is 19.2 Å². The molecule has 3 unspecified atom stereocenters. The van der Waals surface area contributed by atoms with Gasteiger partial charge in [-0.1, -0.05) is 106 Å². The summed E-state index contributed by atoms with van der Waals surface area (Å²) in [5, 5.41) is 5.79. The van der Waals surface area contributed by atoms with Gasteiger partial charge in [0.2, 0.25) is 5.91 Å². The fourth-order valence-electron chi connectivity index (χ4n) is 4.73. The Labute approximate surface area is 302 Å². The Morgan fingerprint density at radius 3 is 1.90 bits per heavy atom. The zero-order chi connectivity index (χ0) is 38.3. The number of carbonyl (C=O) groups excluding carboxylic acids is 4. The number of esters is 1. The van der Waals surface area contributed by atoms with E-state index in [1.165, 1.54) is 17.2 Å². The average Bonchev–Trinajstić information content (AvgIpc) is 3.03. The zero-order valence-corrected chi connectivity index (χ0v) is 32.6. The van der Waals surface area contributed by atoms with E-state index in [1.54, 1.807) is 13.8 Å². The maximum Gasteiger partial charge on any atom is 0.408 e. The summed E-state index contributed by atoms with van der Waals surface area (Å²) in [7, 11) is 0. The maximum absolute atomic E-state index is 12.5. The number of allylic oxidation sites excluding steroid dienone is 1. The number of para-hydroxylation sites is 1. The predicted molar refractivity (Wildman–Crippen MR) is 206 cm³/mol. The van der Waals surface area contributed by atoms with Gasteiger partial charge >= 0.3 is 12.1 Å². The smallest absolute Gasteiger partial charge is 0.408 e. The van der Waals surface area contributed by atoms with Crippen molar-refractivity contribution in [1.82, 2.24) is 5.32 Å². The van der Waals surface area contributed by atoms with Gasteiger partial charge in [0.25, 0.3) is 0 Å². The first-order chi connectivity index (χ1) is 23.4. The van der Waals surface area contributed by atoms with E-state index in [0.717, 1.165) is 24.1 Å². The molecule has 2 aromatic carbocycles. The van der Waals surface area contributed by atoms with E-state index >= 15 is 0 Å². The van der Waals surface area contributed by atoms with Crippen molar-refractivity contribution < 1.29 is 28.7 Å². The second kappa shape index (κ2) is 24.9. The largest absolute Gasteiger partial charge is 0.463 e. The minimum Gasteiger partial charge on any atom is -0.463 e. The van der Waals surface area contributed by atoms with Crippen LogP contribution >= 0.6 is 0 Å². The summed E-state index contributed by atoms with van der Waals surface area (Å²) in [6.07, 6.45) is 6.35. The number of carbonyl (C=O) groups is 4. The molecule has 0 heterocycles. The standard InChI is InChI=1S/C19H27NO3.C15H27NO3.C8H10/c1-4-9-16(14-15(3)12-13-18(21)23-5-2)19(22)20-17-10-7-6-8-11-17;1-10(2)13(11(3)8-9-12(4)17)16-14(18)19-15(5,6)7;1-7-3-5-8(2)6-4-7/h6-8,10-13,15-16H,4-5,9,14H2,1-3H3,(H,20,22);10,13H,3,8-9H2,1-2,4-7H3,(H,16,18);3-6H,1-2H3/b13-12+;;. The van der Waals surface area contributed by atoms with Crippen molar-refractivity contribution in [3.63, 3.8) is 0 Å². The van der Waals surface area contributed by atoms with E-state index in [-0.39, 0.29) is 41.5 Å². The molecule has 2 N–H and O–H groups in total. The molecule has 0 bridgehead atoms. The molecule has 0 aliphatic heterocycles. The molecule has 0 aliphatic rings. The Balaban J connectivity index is 0.000000795. The third-order valence-corrected chi connectivity index (χ3v) is 7.35. The summed E-state index contributed by atoms with van der Waals surface area (Å²) in [5.74, 6) is 0.0991. The molecule has 0 spiro atoms. The topological polar surface area (TPSA) is 111 Å². The number of nitrogens with one attached hydrogen (secondary N) is 2. The van der Waals surface area contributed by atoms with Crippen LogP contribution in [0, 0.1) is 31.6 Å². The summed E-state index contributed by atoms with van der Waals surface area (Å²) < 4.78 is 10.1. The van der Waals surface area contributed by atoms with Crippen LogP contribution in [0.1, 0.15) is 106 Å². The summed E-state index contributed by atoms with van der Waals surface area (Å²) in [5.41, 5.74) is 3.81. The maximum atomic E-state index is 12.5. The number of ketones is 1. The highest BCUT2D eigenvalue weighted by molar-refractivity contribution is 5.92. The Morgan fingerprint density at radius 2 is 1.44 bits per heavy atom.